The zero-order chi connectivity index (χ0) is 12.4. The molecule has 1 aromatic carbocycles. The molecule has 0 spiro atoms. The highest BCUT2D eigenvalue weighted by Gasteiger charge is 2.16. The summed E-state index contributed by atoms with van der Waals surface area (Å²) in [6.07, 6.45) is 0.679. The average Bonchev–Trinajstić information content (AvgIpc) is 2.65. The van der Waals surface area contributed by atoms with Gasteiger partial charge in [-0.3, -0.25) is 9.59 Å². The molecule has 0 unspecified atom stereocenters. The standard InChI is InChI=1S/C12H12N2O2S/c13-10(15)6-5-8-7-3-1-2-4-9(7)17-11(8)12(14)16/h1-4H,5-6H2,(H2,13,15)(H2,14,16). The van der Waals surface area contributed by atoms with Crippen LogP contribution in [0, 0.1) is 0 Å². The minimum atomic E-state index is -0.453. The van der Waals surface area contributed by atoms with Crippen LogP contribution in [-0.4, -0.2) is 11.8 Å². The number of aryl methyl sites for hydroxylation is 1. The van der Waals surface area contributed by atoms with Crippen molar-refractivity contribution >= 4 is 33.2 Å². The van der Waals surface area contributed by atoms with E-state index in [1.165, 1.54) is 11.3 Å². The van der Waals surface area contributed by atoms with Crippen LogP contribution in [0.15, 0.2) is 24.3 Å². The second-order valence-electron chi connectivity index (χ2n) is 3.74. The summed E-state index contributed by atoms with van der Waals surface area (Å²) in [6.45, 7) is 0. The fourth-order valence-corrected chi connectivity index (χ4v) is 2.90. The van der Waals surface area contributed by atoms with Gasteiger partial charge in [0.1, 0.15) is 0 Å². The first kappa shape index (κ1) is 11.6. The maximum absolute atomic E-state index is 11.4. The van der Waals surface area contributed by atoms with Gasteiger partial charge in [0.05, 0.1) is 4.88 Å². The van der Waals surface area contributed by atoms with E-state index in [2.05, 4.69) is 0 Å². The van der Waals surface area contributed by atoms with Gasteiger partial charge in [0, 0.05) is 11.1 Å². The number of benzene rings is 1. The number of rotatable bonds is 4. The third kappa shape index (κ3) is 2.29. The summed E-state index contributed by atoms with van der Waals surface area (Å²) in [5.41, 5.74) is 11.3. The maximum Gasteiger partial charge on any atom is 0.259 e. The predicted octanol–water partition coefficient (Wildman–Crippen LogP) is 1.42. The average molecular weight is 248 g/mol. The molecule has 1 heterocycles. The lowest BCUT2D eigenvalue weighted by Crippen LogP contribution is -2.14. The summed E-state index contributed by atoms with van der Waals surface area (Å²) < 4.78 is 1.00. The van der Waals surface area contributed by atoms with Gasteiger partial charge in [-0.25, -0.2) is 0 Å². The molecule has 0 saturated carbocycles. The molecular weight excluding hydrogens is 236 g/mol. The summed E-state index contributed by atoms with van der Waals surface area (Å²) in [5, 5.41) is 0.979. The van der Waals surface area contributed by atoms with E-state index in [4.69, 9.17) is 11.5 Å². The van der Waals surface area contributed by atoms with E-state index in [-0.39, 0.29) is 12.3 Å². The number of primary amides is 2. The summed E-state index contributed by atoms with van der Waals surface area (Å²) in [4.78, 5) is 22.7. The molecule has 0 radical (unpaired) electrons. The second-order valence-corrected chi connectivity index (χ2v) is 4.79. The molecule has 5 heteroatoms. The third-order valence-corrected chi connectivity index (χ3v) is 3.77. The van der Waals surface area contributed by atoms with Gasteiger partial charge >= 0.3 is 0 Å². The summed E-state index contributed by atoms with van der Waals surface area (Å²) in [7, 11) is 0. The third-order valence-electron chi connectivity index (χ3n) is 2.54. The Morgan fingerprint density at radius 2 is 1.88 bits per heavy atom. The predicted molar refractivity (Wildman–Crippen MR) is 67.9 cm³/mol. The van der Waals surface area contributed by atoms with Gasteiger partial charge in [0.2, 0.25) is 5.91 Å². The van der Waals surface area contributed by atoms with Crippen LogP contribution in [0.2, 0.25) is 0 Å². The van der Waals surface area contributed by atoms with Gasteiger partial charge in [0.25, 0.3) is 5.91 Å². The molecule has 0 aliphatic carbocycles. The molecule has 2 aromatic rings. The largest absolute Gasteiger partial charge is 0.370 e. The van der Waals surface area contributed by atoms with E-state index in [1.807, 2.05) is 24.3 Å². The van der Waals surface area contributed by atoms with Crippen molar-refractivity contribution in [1.82, 2.24) is 0 Å². The van der Waals surface area contributed by atoms with Crippen molar-refractivity contribution in [2.24, 2.45) is 11.5 Å². The molecular formula is C12H12N2O2S. The van der Waals surface area contributed by atoms with Gasteiger partial charge in [-0.2, -0.15) is 0 Å². The molecule has 0 aliphatic heterocycles. The van der Waals surface area contributed by atoms with Gasteiger partial charge in [-0.1, -0.05) is 18.2 Å². The van der Waals surface area contributed by atoms with Crippen molar-refractivity contribution in [3.63, 3.8) is 0 Å². The second kappa shape index (κ2) is 4.55. The first-order valence-corrected chi connectivity index (χ1v) is 5.99. The molecule has 88 valence electrons. The first-order valence-electron chi connectivity index (χ1n) is 5.18. The summed E-state index contributed by atoms with van der Waals surface area (Å²) >= 11 is 1.36. The van der Waals surface area contributed by atoms with E-state index in [0.29, 0.717) is 11.3 Å². The Bertz CT molecular complexity index is 589. The molecule has 0 fully saturated rings. The van der Waals surface area contributed by atoms with E-state index in [1.54, 1.807) is 0 Å². The molecule has 0 aliphatic rings. The minimum Gasteiger partial charge on any atom is -0.370 e. The van der Waals surface area contributed by atoms with Gasteiger partial charge in [-0.15, -0.1) is 11.3 Å². The van der Waals surface area contributed by atoms with Crippen molar-refractivity contribution in [2.75, 3.05) is 0 Å². The Hall–Kier alpha value is -1.88. The zero-order valence-corrected chi connectivity index (χ0v) is 9.92. The van der Waals surface area contributed by atoms with Crippen LogP contribution in [-0.2, 0) is 11.2 Å². The van der Waals surface area contributed by atoms with E-state index in [9.17, 15) is 9.59 Å². The van der Waals surface area contributed by atoms with Crippen LogP contribution in [0.1, 0.15) is 21.7 Å². The summed E-state index contributed by atoms with van der Waals surface area (Å²) in [5.74, 6) is -0.832. The van der Waals surface area contributed by atoms with Crippen molar-refractivity contribution in [2.45, 2.75) is 12.8 Å². The molecule has 0 saturated heterocycles. The Morgan fingerprint density at radius 3 is 2.53 bits per heavy atom. The Kier molecular flexibility index (Phi) is 3.10. The highest BCUT2D eigenvalue weighted by atomic mass is 32.1. The molecule has 0 atom stereocenters. The summed E-state index contributed by atoms with van der Waals surface area (Å²) in [6, 6.07) is 7.66. The zero-order valence-electron chi connectivity index (χ0n) is 9.10. The Labute approximate surface area is 102 Å². The van der Waals surface area contributed by atoms with Crippen LogP contribution < -0.4 is 11.5 Å². The van der Waals surface area contributed by atoms with Gasteiger partial charge in [-0.05, 0) is 23.4 Å². The van der Waals surface area contributed by atoms with Crippen LogP contribution in [0.3, 0.4) is 0 Å². The van der Waals surface area contributed by atoms with Crippen LogP contribution >= 0.6 is 11.3 Å². The number of fused-ring (bicyclic) bond motifs is 1. The number of nitrogens with two attached hydrogens (primary N) is 2. The fraction of sp³-hybridized carbons (Fsp3) is 0.167. The van der Waals surface area contributed by atoms with Crippen molar-refractivity contribution in [1.29, 1.82) is 0 Å². The lowest BCUT2D eigenvalue weighted by atomic mass is 10.1. The number of carbonyl (C=O) groups excluding carboxylic acids is 2. The fourth-order valence-electron chi connectivity index (χ4n) is 1.79. The maximum atomic E-state index is 11.4. The molecule has 4 nitrogen and oxygen atoms in total. The first-order chi connectivity index (χ1) is 8.09. The SMILES string of the molecule is NC(=O)CCc1c(C(N)=O)sc2ccccc12. The smallest absolute Gasteiger partial charge is 0.259 e. The molecule has 0 bridgehead atoms. The van der Waals surface area contributed by atoms with Gasteiger partial charge in [0.15, 0.2) is 0 Å². The van der Waals surface area contributed by atoms with E-state index < -0.39 is 5.91 Å². The highest BCUT2D eigenvalue weighted by molar-refractivity contribution is 7.21. The van der Waals surface area contributed by atoms with Gasteiger partial charge < -0.3 is 11.5 Å². The van der Waals surface area contributed by atoms with Crippen LogP contribution in [0.5, 0.6) is 0 Å². The molecule has 4 N–H and O–H groups in total. The number of thiophene rings is 1. The Morgan fingerprint density at radius 1 is 1.18 bits per heavy atom. The lowest BCUT2D eigenvalue weighted by Gasteiger charge is -2.00. The quantitative estimate of drug-likeness (QED) is 0.857. The number of carbonyl (C=O) groups is 2. The molecule has 2 rings (SSSR count). The lowest BCUT2D eigenvalue weighted by molar-refractivity contribution is -0.117. The topological polar surface area (TPSA) is 86.2 Å². The van der Waals surface area contributed by atoms with Crippen molar-refractivity contribution < 1.29 is 9.59 Å². The molecule has 1 aromatic heterocycles. The Balaban J connectivity index is 2.51. The normalized spacial score (nSPS) is 10.6. The monoisotopic (exact) mass is 248 g/mol. The van der Waals surface area contributed by atoms with Crippen LogP contribution in [0.4, 0.5) is 0 Å². The van der Waals surface area contributed by atoms with Crippen molar-refractivity contribution in [3.8, 4) is 0 Å². The van der Waals surface area contributed by atoms with E-state index >= 15 is 0 Å². The number of hydrogen-bond acceptors (Lipinski definition) is 3. The molecule has 2 amide bonds. The van der Waals surface area contributed by atoms with Crippen molar-refractivity contribution in [3.05, 3.63) is 34.7 Å². The number of amides is 2. The number of hydrogen-bond donors (Lipinski definition) is 2. The van der Waals surface area contributed by atoms with E-state index in [0.717, 1.165) is 15.6 Å². The minimum absolute atomic E-state index is 0.223. The highest BCUT2D eigenvalue weighted by Crippen LogP contribution is 2.31. The van der Waals surface area contributed by atoms with Crippen LogP contribution in [0.25, 0.3) is 10.1 Å². The molecule has 17 heavy (non-hydrogen) atoms.